The molecule has 2 spiro atoms. The fourth-order valence-electron chi connectivity index (χ4n) is 9.82. The quantitative estimate of drug-likeness (QED) is 0.566. The Morgan fingerprint density at radius 3 is 2.82 bits per heavy atom. The number of nitrogens with two attached hydrogens (primary N) is 1. The number of hydrogen-bond donors (Lipinski definition) is 3. The molecule has 3 aliphatic heterocycles. The maximum atomic E-state index is 11.9. The van der Waals surface area contributed by atoms with E-state index in [1.54, 1.807) is 0 Å². The van der Waals surface area contributed by atoms with Gasteiger partial charge in [-0.2, -0.15) is 0 Å². The Balaban J connectivity index is 1.17. The molecule has 38 heavy (non-hydrogen) atoms. The number of rotatable bonds is 2. The molecule has 0 radical (unpaired) electrons. The third-order valence-corrected chi connectivity index (χ3v) is 11.6. The van der Waals surface area contributed by atoms with Crippen molar-refractivity contribution < 1.29 is 14.9 Å². The normalized spacial score (nSPS) is 45.9. The van der Waals surface area contributed by atoms with Crippen LogP contribution in [0.15, 0.2) is 60.0 Å². The second kappa shape index (κ2) is 7.98. The lowest BCUT2D eigenvalue weighted by molar-refractivity contribution is -0.185. The van der Waals surface area contributed by atoms with Gasteiger partial charge in [0.05, 0.1) is 11.7 Å². The van der Waals surface area contributed by atoms with E-state index < -0.39 is 23.4 Å². The van der Waals surface area contributed by atoms with Gasteiger partial charge in [-0.05, 0) is 84.6 Å². The Bertz CT molecular complexity index is 1370. The molecule has 2 unspecified atom stereocenters. The summed E-state index contributed by atoms with van der Waals surface area (Å²) in [6, 6.07) is 8.94. The Hall–Kier alpha value is -2.09. The van der Waals surface area contributed by atoms with Gasteiger partial charge in [0.15, 0.2) is 0 Å². The van der Waals surface area contributed by atoms with Crippen LogP contribution in [0.25, 0.3) is 10.8 Å². The van der Waals surface area contributed by atoms with Gasteiger partial charge < -0.3 is 20.7 Å². The average molecular weight is 514 g/mol. The van der Waals surface area contributed by atoms with Gasteiger partial charge in [0.2, 0.25) is 0 Å². The van der Waals surface area contributed by atoms with Gasteiger partial charge in [0.25, 0.3) is 0 Å². The first-order chi connectivity index (χ1) is 18.3. The smallest absolute Gasteiger partial charge is 0.118 e. The van der Waals surface area contributed by atoms with Crippen molar-refractivity contribution in [2.24, 2.45) is 17.1 Å². The molecular weight excluding hydrogens is 474 g/mol. The Labute approximate surface area is 224 Å². The van der Waals surface area contributed by atoms with E-state index in [0.29, 0.717) is 0 Å². The molecule has 4 N–H and O–H groups in total. The first-order valence-electron chi connectivity index (χ1n) is 14.7. The molecule has 2 saturated heterocycles. The lowest BCUT2D eigenvalue weighted by Crippen LogP contribution is -2.62. The lowest BCUT2D eigenvalue weighted by atomic mass is 9.58. The van der Waals surface area contributed by atoms with Crippen LogP contribution in [0, 0.1) is 11.3 Å². The highest BCUT2D eigenvalue weighted by molar-refractivity contribution is 5.82. The van der Waals surface area contributed by atoms with Crippen molar-refractivity contribution in [1.82, 2.24) is 9.88 Å². The van der Waals surface area contributed by atoms with E-state index in [2.05, 4.69) is 47.2 Å². The van der Waals surface area contributed by atoms with E-state index >= 15 is 0 Å². The molecule has 8 rings (SSSR count). The minimum Gasteiger partial charge on any atom is -0.392 e. The predicted molar refractivity (Wildman–Crippen MR) is 146 cm³/mol. The van der Waals surface area contributed by atoms with Crippen LogP contribution >= 0.6 is 0 Å². The molecule has 9 atom stereocenters. The van der Waals surface area contributed by atoms with Crippen LogP contribution in [0.1, 0.15) is 63.4 Å². The first-order valence-corrected chi connectivity index (χ1v) is 14.7. The Kier molecular flexibility index (Phi) is 4.99. The van der Waals surface area contributed by atoms with Gasteiger partial charge in [0, 0.05) is 54.8 Å². The molecule has 4 heterocycles. The highest BCUT2D eigenvalue weighted by Crippen LogP contribution is 2.69. The second-order valence-corrected chi connectivity index (χ2v) is 13.3. The number of aliphatic hydroxyl groups excluding tert-OH is 2. The van der Waals surface area contributed by atoms with Crippen molar-refractivity contribution in [1.29, 1.82) is 0 Å². The van der Waals surface area contributed by atoms with Crippen molar-refractivity contribution in [2.45, 2.75) is 93.3 Å². The number of nitrogens with zero attached hydrogens (tertiary/aromatic N) is 2. The molecule has 6 aliphatic rings. The number of aliphatic hydroxyl groups is 2. The second-order valence-electron chi connectivity index (χ2n) is 13.3. The molecule has 6 nitrogen and oxygen atoms in total. The van der Waals surface area contributed by atoms with Crippen LogP contribution in [-0.4, -0.2) is 68.7 Å². The van der Waals surface area contributed by atoms with Gasteiger partial charge >= 0.3 is 0 Å². The summed E-state index contributed by atoms with van der Waals surface area (Å²) in [4.78, 5) is 6.75. The van der Waals surface area contributed by atoms with Crippen LogP contribution in [0.4, 0.5) is 0 Å². The zero-order chi connectivity index (χ0) is 25.9. The van der Waals surface area contributed by atoms with E-state index in [9.17, 15) is 10.2 Å². The topological polar surface area (TPSA) is 91.8 Å². The monoisotopic (exact) mass is 513 g/mol. The molecule has 2 bridgehead atoms. The SMILES string of the molecule is C[C@]12CC=C3C=C4CC[C@@H](N5CC[C@@H](N)C5)[C@H](O)[C@]45CCC3(O5)[C@@H]1C[C@@H](O)C2c1ccc2ccncc2c1. The highest BCUT2D eigenvalue weighted by Gasteiger charge is 2.70. The molecule has 2 aromatic rings. The van der Waals surface area contributed by atoms with Crippen LogP contribution in [0.3, 0.4) is 0 Å². The van der Waals surface area contributed by atoms with Crippen LogP contribution in [0.2, 0.25) is 0 Å². The Morgan fingerprint density at radius 1 is 1.11 bits per heavy atom. The minimum atomic E-state index is -0.608. The van der Waals surface area contributed by atoms with Crippen LogP contribution in [0.5, 0.6) is 0 Å². The number of benzene rings is 1. The number of likely N-dealkylation sites (tertiary alicyclic amines) is 1. The standard InChI is InChI=1S/C32H39N3O3/c1-30-9-6-23-15-22-4-5-25(35-13-8-24(33)18-35)29(37)32(22)11-10-31(23,38-32)27(30)16-26(36)28(30)20-3-2-19-7-12-34-17-21(19)14-20/h2-3,6-7,12,14-15,17,24-29,36-37H,4-5,8-11,13,16,18,33H2,1H3/t24-,25-,26-,27-,28?,29+,30+,31?,32+/m1/s1. The molecule has 3 aliphatic carbocycles. The van der Waals surface area contributed by atoms with Crippen molar-refractivity contribution >= 4 is 10.8 Å². The summed E-state index contributed by atoms with van der Waals surface area (Å²) in [5.41, 5.74) is 8.85. The van der Waals surface area contributed by atoms with E-state index in [4.69, 9.17) is 10.5 Å². The minimum absolute atomic E-state index is 0.0323. The van der Waals surface area contributed by atoms with Crippen molar-refractivity contribution in [2.75, 3.05) is 13.1 Å². The van der Waals surface area contributed by atoms with E-state index in [-0.39, 0.29) is 29.3 Å². The fourth-order valence-corrected chi connectivity index (χ4v) is 9.82. The van der Waals surface area contributed by atoms with E-state index in [1.807, 2.05) is 18.5 Å². The molecule has 2 saturated carbocycles. The number of fused-ring (bicyclic) bond motifs is 2. The summed E-state index contributed by atoms with van der Waals surface area (Å²) in [6.07, 6.45) is 13.9. The summed E-state index contributed by atoms with van der Waals surface area (Å²) >= 11 is 0. The zero-order valence-corrected chi connectivity index (χ0v) is 22.2. The largest absolute Gasteiger partial charge is 0.392 e. The molecule has 1 aromatic heterocycles. The highest BCUT2D eigenvalue weighted by atomic mass is 16.5. The third kappa shape index (κ3) is 2.99. The zero-order valence-electron chi connectivity index (χ0n) is 22.2. The molecule has 200 valence electrons. The fraction of sp³-hybridized carbons (Fsp3) is 0.594. The lowest BCUT2D eigenvalue weighted by Gasteiger charge is -2.56. The predicted octanol–water partition coefficient (Wildman–Crippen LogP) is 3.82. The molecule has 4 fully saturated rings. The number of aromatic nitrogens is 1. The van der Waals surface area contributed by atoms with Gasteiger partial charge in [-0.15, -0.1) is 0 Å². The third-order valence-electron chi connectivity index (χ3n) is 11.6. The van der Waals surface area contributed by atoms with Gasteiger partial charge in [0.1, 0.15) is 11.7 Å². The van der Waals surface area contributed by atoms with E-state index in [1.165, 1.54) is 22.1 Å². The number of allylic oxidation sites excluding steroid dienone is 1. The summed E-state index contributed by atoms with van der Waals surface area (Å²) < 4.78 is 7.33. The number of hydrogen-bond acceptors (Lipinski definition) is 6. The summed E-state index contributed by atoms with van der Waals surface area (Å²) in [6.45, 7) is 4.19. The molecule has 0 amide bonds. The average Bonchev–Trinajstić information content (AvgIpc) is 3.57. The van der Waals surface area contributed by atoms with Crippen molar-refractivity contribution in [3.63, 3.8) is 0 Å². The van der Waals surface area contributed by atoms with Gasteiger partial charge in [-0.3, -0.25) is 9.88 Å². The maximum absolute atomic E-state index is 11.9. The van der Waals surface area contributed by atoms with Crippen LogP contribution in [-0.2, 0) is 4.74 Å². The molecule has 6 heteroatoms. The number of ether oxygens (including phenoxy) is 1. The first kappa shape index (κ1) is 23.8. The summed E-state index contributed by atoms with van der Waals surface area (Å²) in [5.74, 6) is 0.231. The molecule has 1 aromatic carbocycles. The summed E-state index contributed by atoms with van der Waals surface area (Å²) in [7, 11) is 0. The summed E-state index contributed by atoms with van der Waals surface area (Å²) in [5, 5.41) is 25.9. The van der Waals surface area contributed by atoms with Gasteiger partial charge in [-0.25, -0.2) is 0 Å². The number of pyridine rings is 1. The van der Waals surface area contributed by atoms with E-state index in [0.717, 1.165) is 63.4 Å². The van der Waals surface area contributed by atoms with Crippen molar-refractivity contribution in [3.05, 3.63) is 65.5 Å². The Morgan fingerprint density at radius 2 is 1.97 bits per heavy atom. The van der Waals surface area contributed by atoms with Crippen molar-refractivity contribution in [3.8, 4) is 0 Å². The maximum Gasteiger partial charge on any atom is 0.118 e. The molecular formula is C32H39N3O3. The van der Waals surface area contributed by atoms with Crippen LogP contribution < -0.4 is 5.73 Å². The van der Waals surface area contributed by atoms with Gasteiger partial charge in [-0.1, -0.05) is 31.2 Å².